The zero-order valence-electron chi connectivity index (χ0n) is 20.8. The topological polar surface area (TPSA) is 60.3 Å². The predicted octanol–water partition coefficient (Wildman–Crippen LogP) is 6.39. The van der Waals surface area contributed by atoms with Crippen LogP contribution in [0.25, 0.3) is 16.6 Å². The number of methoxy groups -OCH3 is 1. The number of ketones is 1. The van der Waals surface area contributed by atoms with Crippen LogP contribution in [0.5, 0.6) is 0 Å². The average molecular weight is 509 g/mol. The molecule has 37 heavy (non-hydrogen) atoms. The van der Waals surface area contributed by atoms with Gasteiger partial charge in [0.05, 0.1) is 24.3 Å². The number of aromatic nitrogens is 1. The molecule has 0 saturated heterocycles. The number of rotatable bonds is 4. The number of nitrogens with one attached hydrogen (secondary N) is 1. The van der Waals surface area contributed by atoms with Crippen LogP contribution >= 0.6 is 11.6 Å². The molecule has 4 aromatic rings. The van der Waals surface area contributed by atoms with Gasteiger partial charge in [0.15, 0.2) is 5.78 Å². The number of fused-ring (bicyclic) bond motifs is 3. The van der Waals surface area contributed by atoms with Gasteiger partial charge >= 0.3 is 5.97 Å². The van der Waals surface area contributed by atoms with Crippen molar-refractivity contribution in [1.82, 2.24) is 9.88 Å². The minimum absolute atomic E-state index is 0.0666. The van der Waals surface area contributed by atoms with Crippen molar-refractivity contribution in [1.29, 1.82) is 0 Å². The number of dihydropyridines is 1. The summed E-state index contributed by atoms with van der Waals surface area (Å²) in [6.45, 7) is 4.53. The number of Topliss-reactive ketones (excluding diaryl/α,β-unsaturated/α-hetero) is 1. The van der Waals surface area contributed by atoms with Crippen LogP contribution in [-0.2, 0) is 16.1 Å². The highest BCUT2D eigenvalue weighted by Gasteiger charge is 2.44. The van der Waals surface area contributed by atoms with Crippen molar-refractivity contribution >= 4 is 40.0 Å². The van der Waals surface area contributed by atoms with E-state index in [1.165, 1.54) is 7.11 Å². The Morgan fingerprint density at radius 2 is 1.73 bits per heavy atom. The highest BCUT2D eigenvalue weighted by atomic mass is 35.5. The van der Waals surface area contributed by atoms with Crippen LogP contribution < -0.4 is 5.32 Å². The smallest absolute Gasteiger partial charge is 0.336 e. The summed E-state index contributed by atoms with van der Waals surface area (Å²) >= 11 is 6.29. The number of esters is 1. The van der Waals surface area contributed by atoms with Gasteiger partial charge in [0.25, 0.3) is 0 Å². The van der Waals surface area contributed by atoms with Gasteiger partial charge in [-0.2, -0.15) is 0 Å². The summed E-state index contributed by atoms with van der Waals surface area (Å²) in [6, 6.07) is 23.5. The van der Waals surface area contributed by atoms with Gasteiger partial charge in [-0.25, -0.2) is 4.79 Å². The minimum atomic E-state index is -0.575. The number of nitrogens with zero attached hydrogens (tertiary/aromatic N) is 1. The first-order chi connectivity index (χ1) is 17.9. The predicted molar refractivity (Wildman–Crippen MR) is 146 cm³/mol. The highest BCUT2D eigenvalue weighted by molar-refractivity contribution is 6.30. The first-order valence-corrected chi connectivity index (χ1v) is 12.5. The van der Waals surface area contributed by atoms with Crippen molar-refractivity contribution in [3.05, 3.63) is 123 Å². The fourth-order valence-corrected chi connectivity index (χ4v) is 6.05. The lowest BCUT2D eigenvalue weighted by Crippen LogP contribution is -2.29. The third-order valence-corrected chi connectivity index (χ3v) is 7.69. The maximum atomic E-state index is 13.9. The summed E-state index contributed by atoms with van der Waals surface area (Å²) in [7, 11) is 1.38. The Bertz CT molecular complexity index is 1690. The molecule has 0 radical (unpaired) electrons. The van der Waals surface area contributed by atoms with Gasteiger partial charge in [-0.3, -0.25) is 4.79 Å². The molecule has 1 atom stereocenters. The van der Waals surface area contributed by atoms with Gasteiger partial charge in [-0.1, -0.05) is 66.2 Å². The first kappa shape index (κ1) is 23.3. The summed E-state index contributed by atoms with van der Waals surface area (Å²) in [5.74, 6) is -1.09. The Balaban J connectivity index is 1.62. The van der Waals surface area contributed by atoms with Crippen molar-refractivity contribution < 1.29 is 14.3 Å². The van der Waals surface area contributed by atoms with E-state index >= 15 is 0 Å². The first-order valence-electron chi connectivity index (χ1n) is 12.2. The van der Waals surface area contributed by atoms with Crippen LogP contribution in [0, 0.1) is 6.92 Å². The second-order valence-electron chi connectivity index (χ2n) is 9.48. The molecule has 0 spiro atoms. The fourth-order valence-electron chi connectivity index (χ4n) is 5.84. The maximum absolute atomic E-state index is 13.9. The number of hydrogen-bond donors (Lipinski definition) is 1. The molecule has 0 amide bonds. The molecule has 1 aromatic heterocycles. The van der Waals surface area contributed by atoms with E-state index in [2.05, 4.69) is 28.9 Å². The second-order valence-corrected chi connectivity index (χ2v) is 9.92. The molecule has 6 rings (SSSR count). The third-order valence-electron chi connectivity index (χ3n) is 7.45. The van der Waals surface area contributed by atoms with E-state index in [1.54, 1.807) is 0 Å². The number of carbonyl (C=O) groups is 2. The van der Waals surface area contributed by atoms with Gasteiger partial charge in [0.1, 0.15) is 0 Å². The summed E-state index contributed by atoms with van der Waals surface area (Å²) in [6.07, 6.45) is 0. The molecule has 1 aliphatic heterocycles. The van der Waals surface area contributed by atoms with E-state index in [1.807, 2.05) is 67.6 Å². The lowest BCUT2D eigenvalue weighted by atomic mass is 9.78. The third kappa shape index (κ3) is 3.53. The van der Waals surface area contributed by atoms with Crippen molar-refractivity contribution in [2.75, 3.05) is 7.11 Å². The molecular formula is C31H25ClN2O3. The Morgan fingerprint density at radius 1 is 1.00 bits per heavy atom. The standard InChI is InChI=1S/C31H25ClN2O3/c1-17-25(31(36)37-3)27(28-29(33-17)21-11-4-5-12-22(21)30(28)35)26-18(2)34(24-14-7-6-13-23(24)26)16-19-9-8-10-20(32)15-19/h4-15,27,33H,16H2,1-3H3/t27-/m1/s1. The average Bonchev–Trinajstić information content (AvgIpc) is 3.34. The Hall–Kier alpha value is -4.09. The Morgan fingerprint density at radius 3 is 2.49 bits per heavy atom. The van der Waals surface area contributed by atoms with Crippen molar-refractivity contribution in [2.45, 2.75) is 26.3 Å². The summed E-state index contributed by atoms with van der Waals surface area (Å²) < 4.78 is 7.48. The van der Waals surface area contributed by atoms with Crippen LogP contribution in [0.1, 0.15) is 45.6 Å². The van der Waals surface area contributed by atoms with E-state index < -0.39 is 11.9 Å². The summed E-state index contributed by atoms with van der Waals surface area (Å²) in [5, 5.41) is 5.05. The number of benzene rings is 3. The Kier molecular flexibility index (Phi) is 5.54. The zero-order valence-corrected chi connectivity index (χ0v) is 21.5. The van der Waals surface area contributed by atoms with Crippen LogP contribution in [0.4, 0.5) is 0 Å². The molecular weight excluding hydrogens is 484 g/mol. The highest BCUT2D eigenvalue weighted by Crippen LogP contribution is 2.49. The van der Waals surface area contributed by atoms with Crippen LogP contribution in [0.15, 0.2) is 89.6 Å². The molecule has 0 fully saturated rings. The molecule has 6 heteroatoms. The van der Waals surface area contributed by atoms with Gasteiger partial charge in [0.2, 0.25) is 0 Å². The molecule has 1 N–H and O–H groups in total. The molecule has 5 nitrogen and oxygen atoms in total. The van der Waals surface area contributed by atoms with Crippen LogP contribution in [0.2, 0.25) is 5.02 Å². The van der Waals surface area contributed by atoms with Gasteiger partial charge < -0.3 is 14.6 Å². The molecule has 2 heterocycles. The second kappa shape index (κ2) is 8.79. The molecule has 184 valence electrons. The van der Waals surface area contributed by atoms with Crippen molar-refractivity contribution in [3.63, 3.8) is 0 Å². The normalized spacial score (nSPS) is 16.6. The number of hydrogen-bond acceptors (Lipinski definition) is 4. The van der Waals surface area contributed by atoms with E-state index in [4.69, 9.17) is 16.3 Å². The number of halogens is 1. The molecule has 0 unspecified atom stereocenters. The molecule has 2 aliphatic rings. The molecule has 3 aromatic carbocycles. The monoisotopic (exact) mass is 508 g/mol. The minimum Gasteiger partial charge on any atom is -0.466 e. The molecule has 0 bridgehead atoms. The summed E-state index contributed by atoms with van der Waals surface area (Å²) in [5.41, 5.74) is 8.01. The van der Waals surface area contributed by atoms with Crippen LogP contribution in [-0.4, -0.2) is 23.4 Å². The lowest BCUT2D eigenvalue weighted by Gasteiger charge is -2.29. The number of ether oxygens (including phenoxy) is 1. The largest absolute Gasteiger partial charge is 0.466 e. The molecule has 1 aliphatic carbocycles. The molecule has 0 saturated carbocycles. The number of para-hydroxylation sites is 1. The van der Waals surface area contributed by atoms with E-state index in [0.717, 1.165) is 39.0 Å². The zero-order chi connectivity index (χ0) is 25.8. The Labute approximate surface area is 220 Å². The van der Waals surface area contributed by atoms with Gasteiger partial charge in [-0.15, -0.1) is 0 Å². The maximum Gasteiger partial charge on any atom is 0.336 e. The van der Waals surface area contributed by atoms with E-state index in [-0.39, 0.29) is 5.78 Å². The fraction of sp³-hybridized carbons (Fsp3) is 0.161. The SMILES string of the molecule is COC(=O)C1=C(C)NC2=C(C(=O)c3ccccc32)[C@H]1c1c(C)n(Cc2cccc(Cl)c2)c2ccccc12. The quantitative estimate of drug-likeness (QED) is 0.324. The number of allylic oxidation sites excluding steroid dienone is 2. The van der Waals surface area contributed by atoms with Crippen molar-refractivity contribution in [2.24, 2.45) is 0 Å². The van der Waals surface area contributed by atoms with E-state index in [0.29, 0.717) is 34.0 Å². The lowest BCUT2D eigenvalue weighted by molar-refractivity contribution is -0.136. The van der Waals surface area contributed by atoms with Gasteiger partial charge in [-0.05, 0) is 43.2 Å². The van der Waals surface area contributed by atoms with E-state index in [9.17, 15) is 9.59 Å². The summed E-state index contributed by atoms with van der Waals surface area (Å²) in [4.78, 5) is 27.1. The van der Waals surface area contributed by atoms with Crippen LogP contribution in [0.3, 0.4) is 0 Å². The van der Waals surface area contributed by atoms with Gasteiger partial charge in [0, 0.05) is 50.6 Å². The van der Waals surface area contributed by atoms with Crippen molar-refractivity contribution in [3.8, 4) is 0 Å². The number of carbonyl (C=O) groups excluding carboxylic acids is 2.